The van der Waals surface area contributed by atoms with E-state index >= 15 is 0 Å². The molecule has 0 amide bonds. The summed E-state index contributed by atoms with van der Waals surface area (Å²) in [7, 11) is 0. The fraction of sp³-hybridized carbons (Fsp3) is 0.357. The van der Waals surface area contributed by atoms with Crippen LogP contribution in [0.1, 0.15) is 31.1 Å². The summed E-state index contributed by atoms with van der Waals surface area (Å²) in [5.74, 6) is 0.893. The van der Waals surface area contributed by atoms with E-state index in [0.29, 0.717) is 6.04 Å². The van der Waals surface area contributed by atoms with Gasteiger partial charge in [0.15, 0.2) is 0 Å². The molecule has 1 aromatic carbocycles. The van der Waals surface area contributed by atoms with Gasteiger partial charge in [0.25, 0.3) is 0 Å². The summed E-state index contributed by atoms with van der Waals surface area (Å²) in [4.78, 5) is 4.52. The highest BCUT2D eigenvalue weighted by Crippen LogP contribution is 2.24. The Balaban J connectivity index is 2.30. The number of benzene rings is 1. The van der Waals surface area contributed by atoms with Gasteiger partial charge in [0.1, 0.15) is 0 Å². The van der Waals surface area contributed by atoms with Crippen LogP contribution in [-0.2, 0) is 0 Å². The zero-order valence-electron chi connectivity index (χ0n) is 11.2. The highest BCUT2D eigenvalue weighted by Gasteiger charge is 2.08. The standard InChI is InChI=1S/C14H18BrN3/c1-9(2)18-8-11(4)16-14(18)17-12-5-6-13(15)10(3)7-12/h5-9H,1-4H3,(H,16,17). The Hall–Kier alpha value is -1.29. The molecule has 4 heteroatoms. The Labute approximate surface area is 116 Å². The molecule has 96 valence electrons. The quantitative estimate of drug-likeness (QED) is 0.899. The monoisotopic (exact) mass is 307 g/mol. The summed E-state index contributed by atoms with van der Waals surface area (Å²) in [5.41, 5.74) is 3.29. The zero-order valence-corrected chi connectivity index (χ0v) is 12.7. The van der Waals surface area contributed by atoms with E-state index in [1.807, 2.05) is 19.1 Å². The fourth-order valence-electron chi connectivity index (χ4n) is 1.85. The van der Waals surface area contributed by atoms with Crippen molar-refractivity contribution in [2.75, 3.05) is 5.32 Å². The maximum absolute atomic E-state index is 4.52. The largest absolute Gasteiger partial charge is 0.326 e. The molecule has 0 unspecified atom stereocenters. The molecule has 0 saturated heterocycles. The number of imidazole rings is 1. The number of halogens is 1. The van der Waals surface area contributed by atoms with Gasteiger partial charge in [-0.25, -0.2) is 4.98 Å². The molecule has 0 aliphatic carbocycles. The topological polar surface area (TPSA) is 29.9 Å². The first-order chi connectivity index (χ1) is 8.47. The Morgan fingerprint density at radius 3 is 2.61 bits per heavy atom. The number of hydrogen-bond acceptors (Lipinski definition) is 2. The minimum Gasteiger partial charge on any atom is -0.326 e. The number of aryl methyl sites for hydroxylation is 2. The molecule has 18 heavy (non-hydrogen) atoms. The maximum atomic E-state index is 4.52. The predicted octanol–water partition coefficient (Wildman–Crippen LogP) is 4.59. The van der Waals surface area contributed by atoms with E-state index in [2.05, 4.69) is 63.8 Å². The van der Waals surface area contributed by atoms with Gasteiger partial charge in [0.2, 0.25) is 5.95 Å². The number of anilines is 2. The van der Waals surface area contributed by atoms with Gasteiger partial charge in [-0.1, -0.05) is 15.9 Å². The van der Waals surface area contributed by atoms with Crippen LogP contribution in [0.2, 0.25) is 0 Å². The SMILES string of the molecule is Cc1cn(C(C)C)c(Nc2ccc(Br)c(C)c2)n1. The van der Waals surface area contributed by atoms with Crippen molar-refractivity contribution in [3.05, 3.63) is 40.1 Å². The van der Waals surface area contributed by atoms with E-state index in [-0.39, 0.29) is 0 Å². The molecule has 2 rings (SSSR count). The average Bonchev–Trinajstić information content (AvgIpc) is 2.65. The van der Waals surface area contributed by atoms with Crippen LogP contribution in [0, 0.1) is 13.8 Å². The first-order valence-electron chi connectivity index (χ1n) is 6.06. The highest BCUT2D eigenvalue weighted by molar-refractivity contribution is 9.10. The number of nitrogens with zero attached hydrogens (tertiary/aromatic N) is 2. The minimum atomic E-state index is 0.394. The first kappa shape index (κ1) is 13.1. The van der Waals surface area contributed by atoms with Gasteiger partial charge in [0.05, 0.1) is 5.69 Å². The zero-order chi connectivity index (χ0) is 13.3. The van der Waals surface area contributed by atoms with Crippen LogP contribution in [0.4, 0.5) is 11.6 Å². The smallest absolute Gasteiger partial charge is 0.207 e. The molecule has 0 bridgehead atoms. The molecule has 0 radical (unpaired) electrons. The van der Waals surface area contributed by atoms with Crippen molar-refractivity contribution in [3.8, 4) is 0 Å². The van der Waals surface area contributed by atoms with Crippen LogP contribution in [0.3, 0.4) is 0 Å². The number of nitrogens with one attached hydrogen (secondary N) is 1. The summed E-state index contributed by atoms with van der Waals surface area (Å²) in [6, 6.07) is 6.60. The molecule has 2 aromatic rings. The van der Waals surface area contributed by atoms with E-state index in [4.69, 9.17) is 0 Å². The Morgan fingerprint density at radius 2 is 2.00 bits per heavy atom. The third-order valence-corrected chi connectivity index (χ3v) is 3.71. The van der Waals surface area contributed by atoms with Crippen LogP contribution in [0.25, 0.3) is 0 Å². The lowest BCUT2D eigenvalue weighted by Crippen LogP contribution is -2.05. The third kappa shape index (κ3) is 2.75. The molecule has 0 atom stereocenters. The number of rotatable bonds is 3. The molecule has 1 N–H and O–H groups in total. The molecule has 1 heterocycles. The summed E-state index contributed by atoms with van der Waals surface area (Å²) in [6.07, 6.45) is 2.07. The summed E-state index contributed by atoms with van der Waals surface area (Å²) in [5, 5.41) is 3.37. The fourth-order valence-corrected chi connectivity index (χ4v) is 2.10. The summed E-state index contributed by atoms with van der Waals surface area (Å²) >= 11 is 3.51. The second-order valence-electron chi connectivity index (χ2n) is 4.80. The van der Waals surface area contributed by atoms with E-state index in [0.717, 1.165) is 21.8 Å². The summed E-state index contributed by atoms with van der Waals surface area (Å²) < 4.78 is 3.27. The van der Waals surface area contributed by atoms with Crippen LogP contribution in [0.15, 0.2) is 28.9 Å². The molecule has 0 aliphatic rings. The van der Waals surface area contributed by atoms with Crippen molar-refractivity contribution in [1.29, 1.82) is 0 Å². The van der Waals surface area contributed by atoms with Crippen LogP contribution in [-0.4, -0.2) is 9.55 Å². The molecule has 1 aromatic heterocycles. The lowest BCUT2D eigenvalue weighted by atomic mass is 10.2. The van der Waals surface area contributed by atoms with Gasteiger partial charge in [-0.3, -0.25) is 0 Å². The molecular weight excluding hydrogens is 290 g/mol. The first-order valence-corrected chi connectivity index (χ1v) is 6.85. The van der Waals surface area contributed by atoms with Crippen molar-refractivity contribution in [1.82, 2.24) is 9.55 Å². The maximum Gasteiger partial charge on any atom is 0.207 e. The van der Waals surface area contributed by atoms with Gasteiger partial charge >= 0.3 is 0 Å². The predicted molar refractivity (Wildman–Crippen MR) is 79.5 cm³/mol. The molecule has 0 fully saturated rings. The van der Waals surface area contributed by atoms with Crippen molar-refractivity contribution in [2.45, 2.75) is 33.7 Å². The average molecular weight is 308 g/mol. The molecular formula is C14H18BrN3. The lowest BCUT2D eigenvalue weighted by molar-refractivity contribution is 0.607. The molecule has 3 nitrogen and oxygen atoms in total. The second-order valence-corrected chi connectivity index (χ2v) is 5.65. The second kappa shape index (κ2) is 5.14. The minimum absolute atomic E-state index is 0.394. The van der Waals surface area contributed by atoms with Crippen molar-refractivity contribution >= 4 is 27.6 Å². The van der Waals surface area contributed by atoms with Crippen molar-refractivity contribution < 1.29 is 0 Å². The third-order valence-electron chi connectivity index (χ3n) is 2.82. The van der Waals surface area contributed by atoms with E-state index < -0.39 is 0 Å². The van der Waals surface area contributed by atoms with Gasteiger partial charge in [0, 0.05) is 22.4 Å². The Bertz CT molecular complexity index is 558. The van der Waals surface area contributed by atoms with Crippen molar-refractivity contribution in [3.63, 3.8) is 0 Å². The van der Waals surface area contributed by atoms with Gasteiger partial charge < -0.3 is 9.88 Å². The van der Waals surface area contributed by atoms with Crippen molar-refractivity contribution in [2.24, 2.45) is 0 Å². The summed E-state index contributed by atoms with van der Waals surface area (Å²) in [6.45, 7) is 8.39. The van der Waals surface area contributed by atoms with E-state index in [1.165, 1.54) is 5.56 Å². The molecule has 0 aliphatic heterocycles. The van der Waals surface area contributed by atoms with Crippen LogP contribution in [0.5, 0.6) is 0 Å². The molecule has 0 saturated carbocycles. The van der Waals surface area contributed by atoms with E-state index in [1.54, 1.807) is 0 Å². The van der Waals surface area contributed by atoms with Gasteiger partial charge in [-0.2, -0.15) is 0 Å². The number of aromatic nitrogens is 2. The van der Waals surface area contributed by atoms with Crippen LogP contribution < -0.4 is 5.32 Å². The van der Waals surface area contributed by atoms with E-state index in [9.17, 15) is 0 Å². The molecule has 0 spiro atoms. The van der Waals surface area contributed by atoms with Crippen LogP contribution >= 0.6 is 15.9 Å². The van der Waals surface area contributed by atoms with Gasteiger partial charge in [-0.15, -0.1) is 0 Å². The number of hydrogen-bond donors (Lipinski definition) is 1. The lowest BCUT2D eigenvalue weighted by Gasteiger charge is -2.13. The Kier molecular flexibility index (Phi) is 3.76. The Morgan fingerprint density at radius 1 is 1.28 bits per heavy atom. The normalized spacial score (nSPS) is 11.0. The highest BCUT2D eigenvalue weighted by atomic mass is 79.9. The van der Waals surface area contributed by atoms with Gasteiger partial charge in [-0.05, 0) is 51.5 Å².